The predicted molar refractivity (Wildman–Crippen MR) is 67.7 cm³/mol. The van der Waals surface area contributed by atoms with Gasteiger partial charge in [0, 0.05) is 9.80 Å². The predicted octanol–water partition coefficient (Wildman–Crippen LogP) is 4.73. The van der Waals surface area contributed by atoms with Gasteiger partial charge in [0.05, 0.1) is 0 Å². The Hall–Kier alpha value is -1.61. The molecule has 0 bridgehead atoms. The highest BCUT2D eigenvalue weighted by Crippen LogP contribution is 2.34. The SMILES string of the molecule is C=C(Sc1ccccc1F)c1ccc(F)cc1. The summed E-state index contributed by atoms with van der Waals surface area (Å²) in [4.78, 5) is 1.21. The lowest BCUT2D eigenvalue weighted by molar-refractivity contribution is 0.602. The van der Waals surface area contributed by atoms with Gasteiger partial charge in [0.25, 0.3) is 0 Å². The van der Waals surface area contributed by atoms with Crippen LogP contribution in [-0.4, -0.2) is 0 Å². The molecular weight excluding hydrogens is 238 g/mol. The standard InChI is InChI=1S/C14H10F2S/c1-10(11-6-8-12(15)9-7-11)17-14-5-3-2-4-13(14)16/h2-9H,1H2. The van der Waals surface area contributed by atoms with Gasteiger partial charge in [-0.3, -0.25) is 0 Å². The first-order valence-electron chi connectivity index (χ1n) is 5.04. The van der Waals surface area contributed by atoms with Gasteiger partial charge in [-0.1, -0.05) is 42.6 Å². The molecule has 3 heteroatoms. The first-order chi connectivity index (χ1) is 8.16. The zero-order valence-electron chi connectivity index (χ0n) is 8.99. The van der Waals surface area contributed by atoms with Crippen LogP contribution in [0.3, 0.4) is 0 Å². The summed E-state index contributed by atoms with van der Waals surface area (Å²) in [6.07, 6.45) is 0. The molecule has 2 aromatic rings. The lowest BCUT2D eigenvalue weighted by atomic mass is 10.2. The summed E-state index contributed by atoms with van der Waals surface area (Å²) >= 11 is 1.24. The van der Waals surface area contributed by atoms with Crippen molar-refractivity contribution in [3.8, 4) is 0 Å². The van der Waals surface area contributed by atoms with Gasteiger partial charge in [-0.15, -0.1) is 0 Å². The summed E-state index contributed by atoms with van der Waals surface area (Å²) in [7, 11) is 0. The minimum absolute atomic E-state index is 0.277. The average molecular weight is 248 g/mol. The topological polar surface area (TPSA) is 0 Å². The van der Waals surface area contributed by atoms with Crippen molar-refractivity contribution in [3.63, 3.8) is 0 Å². The third kappa shape index (κ3) is 2.94. The number of thioether (sulfide) groups is 1. The maximum Gasteiger partial charge on any atom is 0.137 e. The quantitative estimate of drug-likeness (QED) is 0.708. The van der Waals surface area contributed by atoms with Crippen molar-refractivity contribution in [2.45, 2.75) is 4.90 Å². The maximum atomic E-state index is 13.4. The van der Waals surface area contributed by atoms with Gasteiger partial charge in [-0.2, -0.15) is 0 Å². The summed E-state index contributed by atoms with van der Waals surface area (Å²) in [5.74, 6) is -0.571. The minimum Gasteiger partial charge on any atom is -0.207 e. The molecule has 0 aliphatic heterocycles. The van der Waals surface area contributed by atoms with E-state index in [2.05, 4.69) is 6.58 Å². The molecule has 0 nitrogen and oxygen atoms in total. The molecule has 0 amide bonds. The maximum absolute atomic E-state index is 13.4. The van der Waals surface area contributed by atoms with Crippen LogP contribution in [0.2, 0.25) is 0 Å². The van der Waals surface area contributed by atoms with Crippen LogP contribution < -0.4 is 0 Å². The second-order valence-electron chi connectivity index (χ2n) is 3.46. The van der Waals surface area contributed by atoms with Gasteiger partial charge in [-0.25, -0.2) is 8.78 Å². The van der Waals surface area contributed by atoms with Gasteiger partial charge < -0.3 is 0 Å². The fourth-order valence-electron chi connectivity index (χ4n) is 1.35. The zero-order chi connectivity index (χ0) is 12.3. The molecule has 0 fully saturated rings. The fourth-order valence-corrected chi connectivity index (χ4v) is 2.19. The summed E-state index contributed by atoms with van der Waals surface area (Å²) in [5, 5.41) is 0. The monoisotopic (exact) mass is 248 g/mol. The normalized spacial score (nSPS) is 10.2. The molecule has 2 rings (SSSR count). The second kappa shape index (κ2) is 5.15. The van der Waals surface area contributed by atoms with E-state index in [1.54, 1.807) is 30.3 Å². The van der Waals surface area contributed by atoms with E-state index in [1.807, 2.05) is 0 Å². The molecule has 0 atom stereocenters. The van der Waals surface area contributed by atoms with Crippen LogP contribution in [0.4, 0.5) is 8.78 Å². The number of benzene rings is 2. The van der Waals surface area contributed by atoms with Crippen molar-refractivity contribution in [3.05, 3.63) is 72.3 Å². The van der Waals surface area contributed by atoms with E-state index in [4.69, 9.17) is 0 Å². The van der Waals surface area contributed by atoms with E-state index in [9.17, 15) is 8.78 Å². The largest absolute Gasteiger partial charge is 0.207 e. The highest BCUT2D eigenvalue weighted by molar-refractivity contribution is 8.08. The third-order valence-corrected chi connectivity index (χ3v) is 3.27. The molecule has 0 saturated carbocycles. The van der Waals surface area contributed by atoms with Crippen molar-refractivity contribution in [1.29, 1.82) is 0 Å². The molecule has 0 spiro atoms. The lowest BCUT2D eigenvalue weighted by Crippen LogP contribution is -1.83. The Morgan fingerprint density at radius 1 is 0.941 bits per heavy atom. The summed E-state index contributed by atoms with van der Waals surface area (Å²) in [6, 6.07) is 12.5. The van der Waals surface area contributed by atoms with Gasteiger partial charge in [0.15, 0.2) is 0 Å². The van der Waals surface area contributed by atoms with E-state index >= 15 is 0 Å². The van der Waals surface area contributed by atoms with Crippen LogP contribution in [0.25, 0.3) is 4.91 Å². The molecule has 0 saturated heterocycles. The molecular formula is C14H10F2S. The minimum atomic E-state index is -0.294. The molecule has 0 aromatic heterocycles. The van der Waals surface area contributed by atoms with E-state index < -0.39 is 0 Å². The number of rotatable bonds is 3. The molecule has 0 heterocycles. The zero-order valence-corrected chi connectivity index (χ0v) is 9.81. The Labute approximate surface area is 103 Å². The first kappa shape index (κ1) is 11.9. The summed E-state index contributed by atoms with van der Waals surface area (Å²) < 4.78 is 26.2. The Kier molecular flexibility index (Phi) is 3.59. The number of hydrogen-bond acceptors (Lipinski definition) is 1. The first-order valence-corrected chi connectivity index (χ1v) is 5.85. The average Bonchev–Trinajstić information content (AvgIpc) is 2.33. The Morgan fingerprint density at radius 3 is 2.24 bits per heavy atom. The van der Waals surface area contributed by atoms with E-state index in [1.165, 1.54) is 30.0 Å². The Morgan fingerprint density at radius 2 is 1.59 bits per heavy atom. The lowest BCUT2D eigenvalue weighted by Gasteiger charge is -2.06. The molecule has 0 N–H and O–H groups in total. The smallest absolute Gasteiger partial charge is 0.137 e. The number of halogens is 2. The highest BCUT2D eigenvalue weighted by atomic mass is 32.2. The van der Waals surface area contributed by atoms with E-state index in [-0.39, 0.29) is 11.6 Å². The Balaban J connectivity index is 2.17. The third-order valence-electron chi connectivity index (χ3n) is 2.24. The van der Waals surface area contributed by atoms with Crippen molar-refractivity contribution >= 4 is 16.7 Å². The van der Waals surface area contributed by atoms with E-state index in [0.29, 0.717) is 9.80 Å². The van der Waals surface area contributed by atoms with Crippen molar-refractivity contribution in [2.75, 3.05) is 0 Å². The highest BCUT2D eigenvalue weighted by Gasteiger charge is 2.05. The van der Waals surface area contributed by atoms with Gasteiger partial charge >= 0.3 is 0 Å². The van der Waals surface area contributed by atoms with Crippen LogP contribution in [0.15, 0.2) is 60.0 Å². The van der Waals surface area contributed by atoms with Crippen LogP contribution in [-0.2, 0) is 0 Å². The van der Waals surface area contributed by atoms with Crippen LogP contribution in [0, 0.1) is 11.6 Å². The van der Waals surface area contributed by atoms with Gasteiger partial charge in [0.2, 0.25) is 0 Å². The van der Waals surface area contributed by atoms with Crippen LogP contribution in [0.5, 0.6) is 0 Å². The molecule has 17 heavy (non-hydrogen) atoms. The summed E-state index contributed by atoms with van der Waals surface area (Å²) in [6.45, 7) is 3.86. The molecule has 2 aromatic carbocycles. The molecule has 0 unspecified atom stereocenters. The molecule has 0 aliphatic rings. The summed E-state index contributed by atoms with van der Waals surface area (Å²) in [5.41, 5.74) is 0.791. The van der Waals surface area contributed by atoms with Crippen molar-refractivity contribution < 1.29 is 8.78 Å². The fraction of sp³-hybridized carbons (Fsp3) is 0. The number of hydrogen-bond donors (Lipinski definition) is 0. The molecule has 86 valence electrons. The second-order valence-corrected chi connectivity index (χ2v) is 4.60. The van der Waals surface area contributed by atoms with Crippen LogP contribution in [0.1, 0.15) is 5.56 Å². The van der Waals surface area contributed by atoms with Gasteiger partial charge in [-0.05, 0) is 29.8 Å². The van der Waals surface area contributed by atoms with E-state index in [0.717, 1.165) is 5.56 Å². The molecule has 0 aliphatic carbocycles. The van der Waals surface area contributed by atoms with Crippen molar-refractivity contribution in [1.82, 2.24) is 0 Å². The van der Waals surface area contributed by atoms with Crippen LogP contribution >= 0.6 is 11.8 Å². The van der Waals surface area contributed by atoms with Gasteiger partial charge in [0.1, 0.15) is 11.6 Å². The Bertz CT molecular complexity index is 532. The molecule has 0 radical (unpaired) electrons. The van der Waals surface area contributed by atoms with Crippen molar-refractivity contribution in [2.24, 2.45) is 0 Å².